The number of rotatable bonds is 10. The molecule has 0 aromatic heterocycles. The van der Waals surface area contributed by atoms with Crippen LogP contribution in [0.15, 0.2) is 54.6 Å². The number of benzene rings is 2. The minimum Gasteiger partial charge on any atom is -0.494 e. The minimum absolute atomic E-state index is 0.825. The summed E-state index contributed by atoms with van der Waals surface area (Å²) in [4.78, 5) is 0. The predicted octanol–water partition coefficient (Wildman–Crippen LogP) is 6.60. The maximum absolute atomic E-state index is 5.81. The summed E-state index contributed by atoms with van der Waals surface area (Å²) >= 11 is 0. The monoisotopic (exact) mass is 308 g/mol. The fraction of sp³-hybridized carbons (Fsp3) is 0.364. The molecule has 0 fully saturated rings. The second-order valence-electron chi connectivity index (χ2n) is 5.93. The highest BCUT2D eigenvalue weighted by molar-refractivity contribution is 5.69. The summed E-state index contributed by atoms with van der Waals surface area (Å²) < 4.78 is 5.81. The maximum atomic E-state index is 5.81. The molecular formula is C22H28O. The SMILES string of the molecule is CCCCCCCCOc1ccc(C=Cc2ccccc2)cc1. The van der Waals surface area contributed by atoms with E-state index in [1.54, 1.807) is 0 Å². The second kappa shape index (κ2) is 10.7. The van der Waals surface area contributed by atoms with Gasteiger partial charge in [0.05, 0.1) is 6.61 Å². The van der Waals surface area contributed by atoms with Crippen LogP contribution < -0.4 is 4.74 Å². The van der Waals surface area contributed by atoms with E-state index in [0.29, 0.717) is 0 Å². The minimum atomic E-state index is 0.825. The van der Waals surface area contributed by atoms with E-state index < -0.39 is 0 Å². The van der Waals surface area contributed by atoms with Crippen molar-refractivity contribution in [2.45, 2.75) is 45.4 Å². The topological polar surface area (TPSA) is 9.23 Å². The Labute approximate surface area is 141 Å². The molecule has 0 N–H and O–H groups in total. The lowest BCUT2D eigenvalue weighted by molar-refractivity contribution is 0.304. The van der Waals surface area contributed by atoms with E-state index in [9.17, 15) is 0 Å². The Bertz CT molecular complexity index is 554. The largest absolute Gasteiger partial charge is 0.494 e. The molecule has 122 valence electrons. The molecule has 23 heavy (non-hydrogen) atoms. The number of hydrogen-bond acceptors (Lipinski definition) is 1. The van der Waals surface area contributed by atoms with Crippen molar-refractivity contribution in [1.82, 2.24) is 0 Å². The molecule has 2 aromatic rings. The summed E-state index contributed by atoms with van der Waals surface area (Å²) in [6.45, 7) is 3.08. The van der Waals surface area contributed by atoms with Gasteiger partial charge in [-0.15, -0.1) is 0 Å². The van der Waals surface area contributed by atoms with Crippen molar-refractivity contribution in [2.75, 3.05) is 6.61 Å². The van der Waals surface area contributed by atoms with Gasteiger partial charge in [-0.1, -0.05) is 93.6 Å². The Hall–Kier alpha value is -2.02. The molecule has 0 amide bonds. The second-order valence-corrected chi connectivity index (χ2v) is 5.93. The Kier molecular flexibility index (Phi) is 8.04. The third-order valence-corrected chi connectivity index (χ3v) is 3.91. The van der Waals surface area contributed by atoms with E-state index in [1.165, 1.54) is 43.2 Å². The summed E-state index contributed by atoms with van der Waals surface area (Å²) in [6.07, 6.45) is 12.1. The molecule has 0 radical (unpaired) electrons. The molecule has 2 rings (SSSR count). The number of ether oxygens (including phenoxy) is 1. The molecule has 1 heteroatoms. The van der Waals surface area contributed by atoms with Gasteiger partial charge < -0.3 is 4.74 Å². The standard InChI is InChI=1S/C22H28O/c1-2-3-4-5-6-10-19-23-22-17-15-21(16-18-22)14-13-20-11-8-7-9-12-20/h7-9,11-18H,2-6,10,19H2,1H3. The van der Waals surface area contributed by atoms with Gasteiger partial charge in [0.25, 0.3) is 0 Å². The Morgan fingerprint density at radius 3 is 2.00 bits per heavy atom. The molecular weight excluding hydrogens is 280 g/mol. The molecule has 0 bridgehead atoms. The summed E-state index contributed by atoms with van der Waals surface area (Å²) in [6, 6.07) is 18.7. The molecule has 0 heterocycles. The maximum Gasteiger partial charge on any atom is 0.119 e. The highest BCUT2D eigenvalue weighted by Gasteiger charge is 1.95. The van der Waals surface area contributed by atoms with Crippen LogP contribution in [0.4, 0.5) is 0 Å². The van der Waals surface area contributed by atoms with Crippen molar-refractivity contribution in [2.24, 2.45) is 0 Å². The van der Waals surface area contributed by atoms with E-state index in [1.807, 2.05) is 6.07 Å². The molecule has 0 aliphatic heterocycles. The van der Waals surface area contributed by atoms with E-state index in [-0.39, 0.29) is 0 Å². The molecule has 0 unspecified atom stereocenters. The van der Waals surface area contributed by atoms with Crippen LogP contribution in [0.2, 0.25) is 0 Å². The Balaban J connectivity index is 1.69. The van der Waals surface area contributed by atoms with Crippen molar-refractivity contribution >= 4 is 12.2 Å². The van der Waals surface area contributed by atoms with Crippen LogP contribution in [-0.2, 0) is 0 Å². The smallest absolute Gasteiger partial charge is 0.119 e. The van der Waals surface area contributed by atoms with Crippen LogP contribution in [0.3, 0.4) is 0 Å². The quantitative estimate of drug-likeness (QED) is 0.355. The third-order valence-electron chi connectivity index (χ3n) is 3.91. The average molecular weight is 308 g/mol. The van der Waals surface area contributed by atoms with Crippen molar-refractivity contribution < 1.29 is 4.74 Å². The highest BCUT2D eigenvalue weighted by Crippen LogP contribution is 2.15. The van der Waals surface area contributed by atoms with Gasteiger partial charge in [0.1, 0.15) is 5.75 Å². The summed E-state index contributed by atoms with van der Waals surface area (Å²) in [5.41, 5.74) is 2.41. The zero-order valence-electron chi connectivity index (χ0n) is 14.2. The fourth-order valence-corrected chi connectivity index (χ4v) is 2.50. The zero-order chi connectivity index (χ0) is 16.2. The van der Waals surface area contributed by atoms with Crippen LogP contribution in [0, 0.1) is 0 Å². The van der Waals surface area contributed by atoms with E-state index in [0.717, 1.165) is 18.8 Å². The lowest BCUT2D eigenvalue weighted by Gasteiger charge is -2.06. The van der Waals surface area contributed by atoms with Crippen LogP contribution in [0.25, 0.3) is 12.2 Å². The first kappa shape index (κ1) is 17.3. The van der Waals surface area contributed by atoms with Crippen LogP contribution >= 0.6 is 0 Å². The lowest BCUT2D eigenvalue weighted by atomic mass is 10.1. The van der Waals surface area contributed by atoms with Gasteiger partial charge in [-0.25, -0.2) is 0 Å². The number of unbranched alkanes of at least 4 members (excludes halogenated alkanes) is 5. The predicted molar refractivity (Wildman–Crippen MR) is 101 cm³/mol. The fourth-order valence-electron chi connectivity index (χ4n) is 2.50. The Morgan fingerprint density at radius 1 is 0.696 bits per heavy atom. The van der Waals surface area contributed by atoms with Crippen molar-refractivity contribution in [1.29, 1.82) is 0 Å². The van der Waals surface area contributed by atoms with Gasteiger partial charge in [-0.3, -0.25) is 0 Å². The highest BCUT2D eigenvalue weighted by atomic mass is 16.5. The average Bonchev–Trinajstić information content (AvgIpc) is 2.61. The first-order valence-corrected chi connectivity index (χ1v) is 8.84. The molecule has 0 saturated carbocycles. The van der Waals surface area contributed by atoms with E-state index in [2.05, 4.69) is 67.6 Å². The van der Waals surface area contributed by atoms with Crippen LogP contribution in [-0.4, -0.2) is 6.61 Å². The lowest BCUT2D eigenvalue weighted by Crippen LogP contribution is -1.97. The summed E-state index contributed by atoms with van der Waals surface area (Å²) in [7, 11) is 0. The van der Waals surface area contributed by atoms with Gasteiger partial charge in [0.15, 0.2) is 0 Å². The zero-order valence-corrected chi connectivity index (χ0v) is 14.2. The summed E-state index contributed by atoms with van der Waals surface area (Å²) in [5.74, 6) is 0.968. The van der Waals surface area contributed by atoms with Crippen LogP contribution in [0.5, 0.6) is 5.75 Å². The van der Waals surface area contributed by atoms with E-state index >= 15 is 0 Å². The normalized spacial score (nSPS) is 11.0. The van der Waals surface area contributed by atoms with Crippen molar-refractivity contribution in [3.05, 3.63) is 65.7 Å². The van der Waals surface area contributed by atoms with Gasteiger partial charge in [-0.05, 0) is 29.7 Å². The Morgan fingerprint density at radius 2 is 1.30 bits per heavy atom. The molecule has 0 atom stereocenters. The molecule has 0 aliphatic carbocycles. The molecule has 0 aliphatic rings. The molecule has 0 saturated heterocycles. The summed E-state index contributed by atoms with van der Waals surface area (Å²) in [5, 5.41) is 0. The van der Waals surface area contributed by atoms with Gasteiger partial charge in [-0.2, -0.15) is 0 Å². The van der Waals surface area contributed by atoms with Gasteiger partial charge in [0, 0.05) is 0 Å². The first-order chi connectivity index (χ1) is 11.4. The molecule has 2 aromatic carbocycles. The van der Waals surface area contributed by atoms with E-state index in [4.69, 9.17) is 4.74 Å². The number of hydrogen-bond donors (Lipinski definition) is 0. The van der Waals surface area contributed by atoms with Gasteiger partial charge >= 0.3 is 0 Å². The van der Waals surface area contributed by atoms with Crippen molar-refractivity contribution in [3.63, 3.8) is 0 Å². The third kappa shape index (κ3) is 7.19. The molecule has 1 nitrogen and oxygen atoms in total. The first-order valence-electron chi connectivity index (χ1n) is 8.84. The van der Waals surface area contributed by atoms with Crippen LogP contribution in [0.1, 0.15) is 56.6 Å². The molecule has 0 spiro atoms. The van der Waals surface area contributed by atoms with Crippen molar-refractivity contribution in [3.8, 4) is 5.75 Å². The van der Waals surface area contributed by atoms with Gasteiger partial charge in [0.2, 0.25) is 0 Å².